The Bertz CT molecular complexity index is 533. The van der Waals surface area contributed by atoms with E-state index in [0.717, 1.165) is 21.2 Å². The first-order valence-corrected chi connectivity index (χ1v) is 7.67. The number of pyridine rings is 1. The van der Waals surface area contributed by atoms with E-state index in [-0.39, 0.29) is 5.54 Å². The molecule has 19 heavy (non-hydrogen) atoms. The molecule has 1 aromatic heterocycles. The Balaban J connectivity index is 2.04. The molecule has 2 aromatic rings. The molecule has 2 nitrogen and oxygen atoms in total. The topological polar surface area (TPSA) is 24.9 Å². The van der Waals surface area contributed by atoms with Gasteiger partial charge < -0.3 is 5.32 Å². The van der Waals surface area contributed by atoms with Crippen molar-refractivity contribution in [3.05, 3.63) is 62.8 Å². The van der Waals surface area contributed by atoms with E-state index in [1.165, 1.54) is 5.56 Å². The fourth-order valence-corrected chi connectivity index (χ4v) is 2.29. The Morgan fingerprint density at radius 1 is 1.00 bits per heavy atom. The molecular weight excluding hydrogens is 368 g/mol. The first kappa shape index (κ1) is 14.7. The summed E-state index contributed by atoms with van der Waals surface area (Å²) in [5, 5.41) is 3.54. The van der Waals surface area contributed by atoms with Gasteiger partial charge in [0.15, 0.2) is 0 Å². The maximum atomic E-state index is 4.37. The summed E-state index contributed by atoms with van der Waals surface area (Å²) in [6, 6.07) is 12.4. The molecule has 0 atom stereocenters. The summed E-state index contributed by atoms with van der Waals surface area (Å²) in [7, 11) is 0. The van der Waals surface area contributed by atoms with Gasteiger partial charge in [-0.3, -0.25) is 4.98 Å². The molecule has 2 rings (SSSR count). The molecule has 0 aliphatic rings. The summed E-state index contributed by atoms with van der Waals surface area (Å²) in [6.07, 6.45) is 1.82. The molecule has 0 spiro atoms. The zero-order valence-corrected chi connectivity index (χ0v) is 14.1. The average molecular weight is 384 g/mol. The van der Waals surface area contributed by atoms with Gasteiger partial charge in [-0.25, -0.2) is 0 Å². The number of halogens is 2. The van der Waals surface area contributed by atoms with Gasteiger partial charge in [0.2, 0.25) is 0 Å². The van der Waals surface area contributed by atoms with Crippen molar-refractivity contribution in [1.29, 1.82) is 0 Å². The molecule has 0 aliphatic heterocycles. The molecule has 0 amide bonds. The van der Waals surface area contributed by atoms with E-state index in [0.29, 0.717) is 0 Å². The van der Waals surface area contributed by atoms with Crippen molar-refractivity contribution in [3.63, 3.8) is 0 Å². The first-order chi connectivity index (χ1) is 8.97. The van der Waals surface area contributed by atoms with Crippen molar-refractivity contribution in [2.75, 3.05) is 0 Å². The van der Waals surface area contributed by atoms with Gasteiger partial charge in [0.25, 0.3) is 0 Å². The van der Waals surface area contributed by atoms with E-state index in [1.807, 2.05) is 18.3 Å². The zero-order valence-electron chi connectivity index (χ0n) is 11.0. The van der Waals surface area contributed by atoms with Gasteiger partial charge in [0, 0.05) is 27.2 Å². The van der Waals surface area contributed by atoms with Crippen LogP contribution >= 0.6 is 31.9 Å². The van der Waals surface area contributed by atoms with E-state index >= 15 is 0 Å². The standard InChI is InChI=1S/C15H16Br2N2/c1-15(2,11-3-5-12(16)6-4-11)19-10-14-8-7-13(17)9-18-14/h3-9,19H,10H2,1-2H3. The lowest BCUT2D eigenvalue weighted by atomic mass is 9.94. The monoisotopic (exact) mass is 382 g/mol. The fraction of sp³-hybridized carbons (Fsp3) is 0.267. The van der Waals surface area contributed by atoms with Crippen LogP contribution in [0.5, 0.6) is 0 Å². The molecular formula is C15H16Br2N2. The van der Waals surface area contributed by atoms with Gasteiger partial charge in [0.05, 0.1) is 5.69 Å². The maximum absolute atomic E-state index is 4.37. The van der Waals surface area contributed by atoms with Gasteiger partial charge >= 0.3 is 0 Å². The lowest BCUT2D eigenvalue weighted by Crippen LogP contribution is -2.36. The summed E-state index contributed by atoms with van der Waals surface area (Å²) in [5.74, 6) is 0. The molecule has 0 saturated carbocycles. The molecule has 1 N–H and O–H groups in total. The predicted molar refractivity (Wildman–Crippen MR) is 85.9 cm³/mol. The molecule has 1 heterocycles. The van der Waals surface area contributed by atoms with Crippen LogP contribution in [0.4, 0.5) is 0 Å². The largest absolute Gasteiger partial charge is 0.302 e. The molecule has 0 unspecified atom stereocenters. The van der Waals surface area contributed by atoms with Crippen molar-refractivity contribution >= 4 is 31.9 Å². The van der Waals surface area contributed by atoms with Crippen molar-refractivity contribution in [1.82, 2.24) is 10.3 Å². The van der Waals surface area contributed by atoms with E-state index < -0.39 is 0 Å². The molecule has 100 valence electrons. The van der Waals surface area contributed by atoms with Crippen LogP contribution < -0.4 is 5.32 Å². The SMILES string of the molecule is CC(C)(NCc1ccc(Br)cn1)c1ccc(Br)cc1. The van der Waals surface area contributed by atoms with E-state index in [9.17, 15) is 0 Å². The Hall–Kier alpha value is -0.710. The van der Waals surface area contributed by atoms with Crippen molar-refractivity contribution in [2.24, 2.45) is 0 Å². The number of nitrogens with zero attached hydrogens (tertiary/aromatic N) is 1. The first-order valence-electron chi connectivity index (χ1n) is 6.09. The summed E-state index contributed by atoms with van der Waals surface area (Å²) in [6.45, 7) is 5.10. The number of aromatic nitrogens is 1. The van der Waals surface area contributed by atoms with Crippen LogP contribution in [0.2, 0.25) is 0 Å². The van der Waals surface area contributed by atoms with Crippen LogP contribution in [0.15, 0.2) is 51.5 Å². The zero-order chi connectivity index (χ0) is 13.9. The minimum atomic E-state index is -0.0878. The molecule has 0 bridgehead atoms. The van der Waals surface area contributed by atoms with E-state index in [1.54, 1.807) is 0 Å². The van der Waals surface area contributed by atoms with Crippen LogP contribution in [-0.2, 0) is 12.1 Å². The highest BCUT2D eigenvalue weighted by Gasteiger charge is 2.19. The second kappa shape index (κ2) is 6.16. The maximum Gasteiger partial charge on any atom is 0.0542 e. The van der Waals surface area contributed by atoms with Crippen LogP contribution in [0.1, 0.15) is 25.1 Å². The number of hydrogen-bond acceptors (Lipinski definition) is 2. The van der Waals surface area contributed by atoms with Crippen molar-refractivity contribution in [3.8, 4) is 0 Å². The Kier molecular flexibility index (Phi) is 4.76. The Labute approximate surface area is 130 Å². The second-order valence-electron chi connectivity index (χ2n) is 4.95. The van der Waals surface area contributed by atoms with E-state index in [4.69, 9.17) is 0 Å². The van der Waals surface area contributed by atoms with Gasteiger partial charge in [-0.1, -0.05) is 28.1 Å². The third-order valence-electron chi connectivity index (χ3n) is 3.07. The fourth-order valence-electron chi connectivity index (χ4n) is 1.79. The summed E-state index contributed by atoms with van der Waals surface area (Å²) in [4.78, 5) is 4.37. The smallest absolute Gasteiger partial charge is 0.0542 e. The van der Waals surface area contributed by atoms with Crippen molar-refractivity contribution in [2.45, 2.75) is 25.9 Å². The van der Waals surface area contributed by atoms with Gasteiger partial charge in [-0.05, 0) is 59.6 Å². The molecule has 0 saturated heterocycles. The Morgan fingerprint density at radius 2 is 1.63 bits per heavy atom. The highest BCUT2D eigenvalue weighted by Crippen LogP contribution is 2.22. The normalized spacial score (nSPS) is 11.6. The molecule has 0 aliphatic carbocycles. The lowest BCUT2D eigenvalue weighted by Gasteiger charge is -2.27. The third kappa shape index (κ3) is 4.13. The van der Waals surface area contributed by atoms with Crippen LogP contribution in [0.25, 0.3) is 0 Å². The highest BCUT2D eigenvalue weighted by molar-refractivity contribution is 9.10. The quantitative estimate of drug-likeness (QED) is 0.832. The summed E-state index contributed by atoms with van der Waals surface area (Å²) < 4.78 is 2.10. The summed E-state index contributed by atoms with van der Waals surface area (Å²) >= 11 is 6.85. The van der Waals surface area contributed by atoms with E-state index in [2.05, 4.69) is 80.3 Å². The third-order valence-corrected chi connectivity index (χ3v) is 4.06. The molecule has 0 fully saturated rings. The number of nitrogens with one attached hydrogen (secondary N) is 1. The van der Waals surface area contributed by atoms with Crippen LogP contribution in [0, 0.1) is 0 Å². The number of benzene rings is 1. The van der Waals surface area contributed by atoms with Gasteiger partial charge in [-0.2, -0.15) is 0 Å². The Morgan fingerprint density at radius 3 is 2.21 bits per heavy atom. The summed E-state index contributed by atoms with van der Waals surface area (Å²) in [5.41, 5.74) is 2.20. The van der Waals surface area contributed by atoms with Gasteiger partial charge in [0.1, 0.15) is 0 Å². The number of rotatable bonds is 4. The molecule has 4 heteroatoms. The second-order valence-corrected chi connectivity index (χ2v) is 6.78. The lowest BCUT2D eigenvalue weighted by molar-refractivity contribution is 0.398. The van der Waals surface area contributed by atoms with Crippen molar-refractivity contribution < 1.29 is 0 Å². The molecule has 1 aromatic carbocycles. The van der Waals surface area contributed by atoms with Crippen LogP contribution in [-0.4, -0.2) is 4.98 Å². The number of hydrogen-bond donors (Lipinski definition) is 1. The minimum absolute atomic E-state index is 0.0878. The molecule has 0 radical (unpaired) electrons. The minimum Gasteiger partial charge on any atom is -0.302 e. The average Bonchev–Trinajstić information content (AvgIpc) is 2.39. The van der Waals surface area contributed by atoms with Crippen LogP contribution in [0.3, 0.4) is 0 Å². The van der Waals surface area contributed by atoms with Gasteiger partial charge in [-0.15, -0.1) is 0 Å². The highest BCUT2D eigenvalue weighted by atomic mass is 79.9. The predicted octanol–water partition coefficient (Wildman–Crippen LogP) is 4.63.